The second-order valence-corrected chi connectivity index (χ2v) is 4.07. The Morgan fingerprint density at radius 2 is 2.00 bits per heavy atom. The highest BCUT2D eigenvalue weighted by Crippen LogP contribution is 2.19. The summed E-state index contributed by atoms with van der Waals surface area (Å²) in [6.45, 7) is 0. The highest BCUT2D eigenvalue weighted by molar-refractivity contribution is 5.85. The first-order valence-corrected chi connectivity index (χ1v) is 5.47. The monoisotopic (exact) mass is 260 g/mol. The highest BCUT2D eigenvalue weighted by Gasteiger charge is 2.15. The molecule has 0 aliphatic carbocycles. The van der Waals surface area contributed by atoms with Gasteiger partial charge in [0.1, 0.15) is 5.82 Å². The van der Waals surface area contributed by atoms with Gasteiger partial charge in [-0.25, -0.2) is 18.7 Å². The second kappa shape index (κ2) is 3.91. The smallest absolute Gasteiger partial charge is 0.356 e. The van der Waals surface area contributed by atoms with Gasteiger partial charge in [0.15, 0.2) is 11.5 Å². The molecule has 0 spiro atoms. The van der Waals surface area contributed by atoms with E-state index in [4.69, 9.17) is 5.11 Å². The Morgan fingerprint density at radius 3 is 2.58 bits per heavy atom. The number of carbonyl (C=O) groups is 1. The summed E-state index contributed by atoms with van der Waals surface area (Å²) >= 11 is 0. The highest BCUT2D eigenvalue weighted by atomic mass is 19.1. The zero-order chi connectivity index (χ0) is 13.6. The van der Waals surface area contributed by atoms with Gasteiger partial charge in [0.05, 0.1) is 6.20 Å². The average Bonchev–Trinajstić information content (AvgIpc) is 2.91. The molecule has 96 valence electrons. The van der Waals surface area contributed by atoms with E-state index in [1.165, 1.54) is 22.8 Å². The molecule has 3 aromatic rings. The van der Waals surface area contributed by atoms with Gasteiger partial charge in [0.2, 0.25) is 5.78 Å². The van der Waals surface area contributed by atoms with Gasteiger partial charge >= 0.3 is 5.97 Å². The van der Waals surface area contributed by atoms with Crippen LogP contribution in [0.25, 0.3) is 17.2 Å². The van der Waals surface area contributed by atoms with E-state index < -0.39 is 5.97 Å². The number of benzene rings is 1. The molecule has 0 aliphatic heterocycles. The minimum Gasteiger partial charge on any atom is -0.476 e. The van der Waals surface area contributed by atoms with E-state index >= 15 is 0 Å². The Kier molecular flexibility index (Phi) is 2.34. The van der Waals surface area contributed by atoms with Crippen LogP contribution >= 0.6 is 0 Å². The van der Waals surface area contributed by atoms with Crippen molar-refractivity contribution in [1.29, 1.82) is 0 Å². The Bertz CT molecular complexity index is 773. The molecule has 0 saturated carbocycles. The molecule has 7 heteroatoms. The Labute approximate surface area is 106 Å². The molecule has 0 aliphatic rings. The SMILES string of the molecule is Cn1c(-c2ccc(F)cc2)nn2cc(C(=O)O)nc12. The van der Waals surface area contributed by atoms with Crippen molar-refractivity contribution >= 4 is 11.7 Å². The van der Waals surface area contributed by atoms with Crippen molar-refractivity contribution in [3.05, 3.63) is 42.0 Å². The van der Waals surface area contributed by atoms with Crippen LogP contribution < -0.4 is 0 Å². The molecule has 0 fully saturated rings. The maximum absolute atomic E-state index is 12.9. The van der Waals surface area contributed by atoms with Crippen LogP contribution in [0.5, 0.6) is 0 Å². The molecule has 0 amide bonds. The molecule has 2 aromatic heterocycles. The third-order valence-corrected chi connectivity index (χ3v) is 2.81. The zero-order valence-corrected chi connectivity index (χ0v) is 9.91. The normalized spacial score (nSPS) is 11.1. The zero-order valence-electron chi connectivity index (χ0n) is 9.91. The fourth-order valence-corrected chi connectivity index (χ4v) is 1.88. The van der Waals surface area contributed by atoms with Crippen LogP contribution in [0.4, 0.5) is 4.39 Å². The maximum Gasteiger partial charge on any atom is 0.356 e. The van der Waals surface area contributed by atoms with Crippen LogP contribution in [0, 0.1) is 5.82 Å². The maximum atomic E-state index is 12.9. The van der Waals surface area contributed by atoms with Crippen molar-refractivity contribution in [1.82, 2.24) is 19.2 Å². The molecule has 1 aromatic carbocycles. The van der Waals surface area contributed by atoms with E-state index in [1.807, 2.05) is 0 Å². The summed E-state index contributed by atoms with van der Waals surface area (Å²) in [5.41, 5.74) is 0.662. The van der Waals surface area contributed by atoms with E-state index in [9.17, 15) is 9.18 Å². The minimum atomic E-state index is -1.10. The number of aryl methyl sites for hydroxylation is 1. The van der Waals surface area contributed by atoms with Crippen molar-refractivity contribution in [2.75, 3.05) is 0 Å². The topological polar surface area (TPSA) is 72.4 Å². The Morgan fingerprint density at radius 1 is 1.32 bits per heavy atom. The van der Waals surface area contributed by atoms with E-state index in [0.29, 0.717) is 11.6 Å². The fourth-order valence-electron chi connectivity index (χ4n) is 1.88. The van der Waals surface area contributed by atoms with Gasteiger partial charge in [-0.05, 0) is 24.3 Å². The molecule has 0 atom stereocenters. The number of aromatic carboxylic acids is 1. The first-order chi connectivity index (χ1) is 9.06. The molecular formula is C12H9FN4O2. The summed E-state index contributed by atoms with van der Waals surface area (Å²) in [5, 5.41) is 13.1. The van der Waals surface area contributed by atoms with Crippen molar-refractivity contribution in [3.8, 4) is 11.4 Å². The third kappa shape index (κ3) is 1.75. The lowest BCUT2D eigenvalue weighted by molar-refractivity contribution is 0.0691. The first-order valence-electron chi connectivity index (χ1n) is 5.47. The summed E-state index contributed by atoms with van der Waals surface area (Å²) in [6.07, 6.45) is 1.34. The van der Waals surface area contributed by atoms with Crippen LogP contribution in [0.3, 0.4) is 0 Å². The van der Waals surface area contributed by atoms with Gasteiger partial charge in [0.25, 0.3) is 0 Å². The lowest BCUT2D eigenvalue weighted by Crippen LogP contribution is -1.98. The molecule has 3 rings (SSSR count). The minimum absolute atomic E-state index is 0.0660. The predicted octanol–water partition coefficient (Wildman–Crippen LogP) is 1.57. The predicted molar refractivity (Wildman–Crippen MR) is 64.3 cm³/mol. The molecule has 2 heterocycles. The van der Waals surface area contributed by atoms with Crippen LogP contribution in [0.1, 0.15) is 10.5 Å². The quantitative estimate of drug-likeness (QED) is 0.759. The standard InChI is InChI=1S/C12H9FN4O2/c1-16-10(7-2-4-8(13)5-3-7)15-17-6-9(11(18)19)14-12(16)17/h2-6H,1H3,(H,18,19). The molecule has 0 saturated heterocycles. The lowest BCUT2D eigenvalue weighted by Gasteiger charge is -2.00. The molecule has 0 unspecified atom stereocenters. The molecule has 1 N–H and O–H groups in total. The molecule has 6 nitrogen and oxygen atoms in total. The number of nitrogens with zero attached hydrogens (tertiary/aromatic N) is 4. The van der Waals surface area contributed by atoms with Crippen molar-refractivity contribution in [2.45, 2.75) is 0 Å². The molecule has 19 heavy (non-hydrogen) atoms. The number of carboxylic acid groups (broad SMARTS) is 1. The van der Waals surface area contributed by atoms with Crippen molar-refractivity contribution in [3.63, 3.8) is 0 Å². The number of carboxylic acids is 1. The number of halogens is 1. The summed E-state index contributed by atoms with van der Waals surface area (Å²) < 4.78 is 15.9. The van der Waals surface area contributed by atoms with Gasteiger partial charge in [-0.3, -0.25) is 4.57 Å². The Balaban J connectivity index is 2.15. The number of fused-ring (bicyclic) bond motifs is 1. The molecule has 0 radical (unpaired) electrons. The van der Waals surface area contributed by atoms with E-state index in [-0.39, 0.29) is 11.5 Å². The van der Waals surface area contributed by atoms with E-state index in [2.05, 4.69) is 10.1 Å². The van der Waals surface area contributed by atoms with Crippen LogP contribution in [-0.2, 0) is 7.05 Å². The summed E-state index contributed by atoms with van der Waals surface area (Å²) in [5.74, 6) is -0.430. The van der Waals surface area contributed by atoms with Gasteiger partial charge in [-0.1, -0.05) is 0 Å². The number of imidazole rings is 1. The number of rotatable bonds is 2. The molecule has 0 bridgehead atoms. The summed E-state index contributed by atoms with van der Waals surface area (Å²) in [6, 6.07) is 5.90. The van der Waals surface area contributed by atoms with Gasteiger partial charge < -0.3 is 5.11 Å². The second-order valence-electron chi connectivity index (χ2n) is 4.07. The lowest BCUT2D eigenvalue weighted by atomic mass is 10.2. The largest absolute Gasteiger partial charge is 0.476 e. The van der Waals surface area contributed by atoms with Crippen LogP contribution in [0.2, 0.25) is 0 Å². The number of hydrogen-bond donors (Lipinski definition) is 1. The first kappa shape index (κ1) is 11.4. The Hall–Kier alpha value is -2.70. The molecular weight excluding hydrogens is 251 g/mol. The van der Waals surface area contributed by atoms with Gasteiger partial charge in [0, 0.05) is 12.6 Å². The third-order valence-electron chi connectivity index (χ3n) is 2.81. The fraction of sp³-hybridized carbons (Fsp3) is 0.0833. The summed E-state index contributed by atoms with van der Waals surface area (Å²) in [4.78, 5) is 14.8. The van der Waals surface area contributed by atoms with Crippen LogP contribution in [-0.4, -0.2) is 30.2 Å². The summed E-state index contributed by atoms with van der Waals surface area (Å²) in [7, 11) is 1.72. The average molecular weight is 260 g/mol. The van der Waals surface area contributed by atoms with Gasteiger partial charge in [-0.15, -0.1) is 5.10 Å². The van der Waals surface area contributed by atoms with Crippen LogP contribution in [0.15, 0.2) is 30.5 Å². The number of aromatic nitrogens is 4. The van der Waals surface area contributed by atoms with Gasteiger partial charge in [-0.2, -0.15) is 0 Å². The van der Waals surface area contributed by atoms with E-state index in [1.54, 1.807) is 23.7 Å². The van der Waals surface area contributed by atoms with E-state index in [0.717, 1.165) is 5.56 Å². The van der Waals surface area contributed by atoms with Crippen molar-refractivity contribution in [2.24, 2.45) is 7.05 Å². The number of hydrogen-bond acceptors (Lipinski definition) is 3. The van der Waals surface area contributed by atoms with Crippen molar-refractivity contribution < 1.29 is 14.3 Å².